The van der Waals surface area contributed by atoms with Crippen LogP contribution in [0.3, 0.4) is 0 Å². The molecular weight excluding hydrogens is 365 g/mol. The van der Waals surface area contributed by atoms with Crippen LogP contribution in [0.5, 0.6) is 0 Å². The maximum absolute atomic E-state index is 13.3. The van der Waals surface area contributed by atoms with Crippen LogP contribution >= 0.6 is 15.9 Å². The van der Waals surface area contributed by atoms with Crippen molar-refractivity contribution in [3.05, 3.63) is 34.1 Å². The third-order valence-corrected chi connectivity index (χ3v) is 4.82. The van der Waals surface area contributed by atoms with E-state index in [1.807, 2.05) is 4.90 Å². The largest absolute Gasteiger partial charge is 0.352 e. The zero-order chi connectivity index (χ0) is 16.4. The fourth-order valence-electron chi connectivity index (χ4n) is 2.64. The summed E-state index contributed by atoms with van der Waals surface area (Å²) >= 11 is 3.29. The van der Waals surface area contributed by atoms with Crippen molar-refractivity contribution in [1.82, 2.24) is 15.1 Å². The van der Waals surface area contributed by atoms with E-state index >= 15 is 0 Å². The molecule has 0 spiro atoms. The van der Waals surface area contributed by atoms with Gasteiger partial charge in [0.25, 0.3) is 5.91 Å². The molecular formula is C16H19BrFN3O2. The van der Waals surface area contributed by atoms with E-state index in [1.54, 1.807) is 11.0 Å². The first kappa shape index (κ1) is 16.4. The van der Waals surface area contributed by atoms with E-state index in [9.17, 15) is 14.0 Å². The van der Waals surface area contributed by atoms with Gasteiger partial charge in [0.1, 0.15) is 5.82 Å². The molecule has 2 fully saturated rings. The lowest BCUT2D eigenvalue weighted by atomic mass is 10.1. The van der Waals surface area contributed by atoms with Gasteiger partial charge in [-0.25, -0.2) is 4.39 Å². The molecule has 1 heterocycles. The molecule has 1 saturated carbocycles. The Labute approximate surface area is 142 Å². The number of hydrogen-bond acceptors (Lipinski definition) is 3. The lowest BCUT2D eigenvalue weighted by molar-refractivity contribution is -0.122. The summed E-state index contributed by atoms with van der Waals surface area (Å²) in [7, 11) is 0. The van der Waals surface area contributed by atoms with Crippen molar-refractivity contribution in [2.45, 2.75) is 18.9 Å². The van der Waals surface area contributed by atoms with Crippen LogP contribution < -0.4 is 5.32 Å². The molecule has 2 amide bonds. The molecule has 1 aromatic rings. The molecule has 1 aliphatic heterocycles. The van der Waals surface area contributed by atoms with E-state index in [0.29, 0.717) is 48.8 Å². The molecule has 0 unspecified atom stereocenters. The third-order valence-electron chi connectivity index (χ3n) is 4.13. The van der Waals surface area contributed by atoms with Crippen molar-refractivity contribution >= 4 is 27.7 Å². The molecule has 1 saturated heterocycles. The van der Waals surface area contributed by atoms with Crippen molar-refractivity contribution in [3.63, 3.8) is 0 Å². The van der Waals surface area contributed by atoms with Gasteiger partial charge in [-0.05, 0) is 47.0 Å². The van der Waals surface area contributed by atoms with Gasteiger partial charge >= 0.3 is 0 Å². The molecule has 3 rings (SSSR count). The average Bonchev–Trinajstić information content (AvgIpc) is 3.33. The summed E-state index contributed by atoms with van der Waals surface area (Å²) in [6.07, 6.45) is 2.16. The number of amides is 2. The molecule has 124 valence electrons. The highest BCUT2D eigenvalue weighted by atomic mass is 79.9. The molecule has 23 heavy (non-hydrogen) atoms. The summed E-state index contributed by atoms with van der Waals surface area (Å²) in [5.41, 5.74) is 0.338. The van der Waals surface area contributed by atoms with Crippen molar-refractivity contribution < 1.29 is 14.0 Å². The van der Waals surface area contributed by atoms with E-state index in [2.05, 4.69) is 21.2 Å². The molecule has 5 nitrogen and oxygen atoms in total. The summed E-state index contributed by atoms with van der Waals surface area (Å²) in [5, 5.41) is 2.97. The molecule has 7 heteroatoms. The first-order valence-corrected chi connectivity index (χ1v) is 8.58. The van der Waals surface area contributed by atoms with Crippen LogP contribution in [0.25, 0.3) is 0 Å². The minimum atomic E-state index is -0.424. The lowest BCUT2D eigenvalue weighted by Gasteiger charge is -2.34. The van der Waals surface area contributed by atoms with Crippen molar-refractivity contribution in [3.8, 4) is 0 Å². The Morgan fingerprint density at radius 3 is 2.57 bits per heavy atom. The maximum Gasteiger partial charge on any atom is 0.255 e. The highest BCUT2D eigenvalue weighted by molar-refractivity contribution is 9.10. The summed E-state index contributed by atoms with van der Waals surface area (Å²) in [6, 6.07) is 4.48. The molecule has 0 aromatic heterocycles. The highest BCUT2D eigenvalue weighted by Gasteiger charge is 2.27. The van der Waals surface area contributed by atoms with Crippen LogP contribution in [0.2, 0.25) is 0 Å². The Kier molecular flexibility index (Phi) is 4.96. The monoisotopic (exact) mass is 383 g/mol. The molecule has 0 bridgehead atoms. The molecule has 0 radical (unpaired) electrons. The normalized spacial score (nSPS) is 18.8. The van der Waals surface area contributed by atoms with Gasteiger partial charge in [-0.3, -0.25) is 14.5 Å². The molecule has 0 atom stereocenters. The minimum absolute atomic E-state index is 0.0557. The predicted octanol–water partition coefficient (Wildman–Crippen LogP) is 1.62. The quantitative estimate of drug-likeness (QED) is 0.859. The second-order valence-electron chi connectivity index (χ2n) is 6.03. The minimum Gasteiger partial charge on any atom is -0.352 e. The number of carbonyl (C=O) groups is 2. The van der Waals surface area contributed by atoms with E-state index in [-0.39, 0.29) is 11.8 Å². The topological polar surface area (TPSA) is 52.7 Å². The van der Waals surface area contributed by atoms with Gasteiger partial charge in [-0.2, -0.15) is 0 Å². The Balaban J connectivity index is 1.52. The number of piperazine rings is 1. The smallest absolute Gasteiger partial charge is 0.255 e. The molecule has 2 aliphatic rings. The standard InChI is InChI=1S/C16H19BrFN3O2/c17-14-4-1-11(18)9-13(14)16(23)21-7-5-20(6-8-21)10-15(22)19-12-2-3-12/h1,4,9,12H,2-3,5-8,10H2,(H,19,22). The van der Waals surface area contributed by atoms with Gasteiger partial charge < -0.3 is 10.2 Å². The van der Waals surface area contributed by atoms with Crippen molar-refractivity contribution in [1.29, 1.82) is 0 Å². The van der Waals surface area contributed by atoms with E-state index < -0.39 is 5.82 Å². The number of rotatable bonds is 4. The number of carbonyl (C=O) groups excluding carboxylic acids is 2. The number of nitrogens with one attached hydrogen (secondary N) is 1. The first-order chi connectivity index (χ1) is 11.0. The zero-order valence-corrected chi connectivity index (χ0v) is 14.3. The van der Waals surface area contributed by atoms with Crippen molar-refractivity contribution in [2.75, 3.05) is 32.7 Å². The maximum atomic E-state index is 13.3. The van der Waals surface area contributed by atoms with Crippen LogP contribution in [0, 0.1) is 5.82 Å². The first-order valence-electron chi connectivity index (χ1n) is 7.79. The average molecular weight is 384 g/mol. The van der Waals surface area contributed by atoms with Crippen molar-refractivity contribution in [2.24, 2.45) is 0 Å². The van der Waals surface area contributed by atoms with Crippen LogP contribution in [0.15, 0.2) is 22.7 Å². The Morgan fingerprint density at radius 1 is 1.22 bits per heavy atom. The summed E-state index contributed by atoms with van der Waals surface area (Å²) in [6.45, 7) is 2.76. The van der Waals surface area contributed by atoms with Gasteiger partial charge in [0.15, 0.2) is 0 Å². The van der Waals surface area contributed by atoms with Gasteiger partial charge in [-0.15, -0.1) is 0 Å². The van der Waals surface area contributed by atoms with Crippen LogP contribution in [-0.4, -0.2) is 60.4 Å². The number of halogens is 2. The van der Waals surface area contributed by atoms with Crippen LogP contribution in [0.4, 0.5) is 4.39 Å². The fraction of sp³-hybridized carbons (Fsp3) is 0.500. The van der Waals surface area contributed by atoms with E-state index in [0.717, 1.165) is 12.8 Å². The second-order valence-corrected chi connectivity index (χ2v) is 6.89. The summed E-state index contributed by atoms with van der Waals surface area (Å²) in [4.78, 5) is 28.0. The highest BCUT2D eigenvalue weighted by Crippen LogP contribution is 2.21. The second kappa shape index (κ2) is 6.97. The van der Waals surface area contributed by atoms with Crippen LogP contribution in [0.1, 0.15) is 23.2 Å². The zero-order valence-electron chi connectivity index (χ0n) is 12.7. The molecule has 1 N–H and O–H groups in total. The Bertz CT molecular complexity index is 613. The summed E-state index contributed by atoms with van der Waals surface area (Å²) < 4.78 is 13.9. The van der Waals surface area contributed by atoms with Gasteiger partial charge in [0.05, 0.1) is 12.1 Å². The van der Waals surface area contributed by atoms with Gasteiger partial charge in [0.2, 0.25) is 5.91 Å². The SMILES string of the molecule is O=C(CN1CCN(C(=O)c2cc(F)ccc2Br)CC1)NC1CC1. The van der Waals surface area contributed by atoms with Crippen LogP contribution in [-0.2, 0) is 4.79 Å². The predicted molar refractivity (Wildman–Crippen MR) is 87.6 cm³/mol. The van der Waals surface area contributed by atoms with Gasteiger partial charge in [0, 0.05) is 36.7 Å². The summed E-state index contributed by atoms with van der Waals surface area (Å²) in [5.74, 6) is -0.550. The molecule has 1 aliphatic carbocycles. The van der Waals surface area contributed by atoms with E-state index in [4.69, 9.17) is 0 Å². The fourth-order valence-corrected chi connectivity index (χ4v) is 3.06. The number of hydrogen-bond donors (Lipinski definition) is 1. The lowest BCUT2D eigenvalue weighted by Crippen LogP contribution is -2.51. The Hall–Kier alpha value is -1.47. The Morgan fingerprint density at radius 2 is 1.91 bits per heavy atom. The molecule has 1 aromatic carbocycles. The third kappa shape index (κ3) is 4.29. The number of nitrogens with zero attached hydrogens (tertiary/aromatic N) is 2. The van der Waals surface area contributed by atoms with Gasteiger partial charge in [-0.1, -0.05) is 0 Å². The number of benzene rings is 1. The van der Waals surface area contributed by atoms with E-state index in [1.165, 1.54) is 12.1 Å².